The summed E-state index contributed by atoms with van der Waals surface area (Å²) >= 11 is 5.89. The average molecular weight is 277 g/mol. The van der Waals surface area contributed by atoms with E-state index in [0.717, 1.165) is 0 Å². The fourth-order valence-corrected chi connectivity index (χ4v) is 1.73. The predicted molar refractivity (Wildman–Crippen MR) is 75.6 cm³/mol. The van der Waals surface area contributed by atoms with Crippen molar-refractivity contribution in [1.82, 2.24) is 9.97 Å². The monoisotopic (exact) mass is 276 g/mol. The van der Waals surface area contributed by atoms with Crippen LogP contribution in [0.2, 0.25) is 5.15 Å². The second kappa shape index (κ2) is 6.15. The van der Waals surface area contributed by atoms with E-state index in [4.69, 9.17) is 11.6 Å². The molecule has 0 saturated heterocycles. The number of pyridine rings is 2. The minimum absolute atomic E-state index is 0.268. The van der Waals surface area contributed by atoms with Crippen molar-refractivity contribution in [3.05, 3.63) is 47.2 Å². The van der Waals surface area contributed by atoms with Crippen LogP contribution in [-0.4, -0.2) is 22.4 Å². The molecule has 2 aromatic rings. The second-order valence-electron chi connectivity index (χ2n) is 3.76. The topological polar surface area (TPSA) is 66.9 Å². The molecule has 0 aliphatic rings. The van der Waals surface area contributed by atoms with Gasteiger partial charge < -0.3 is 10.6 Å². The van der Waals surface area contributed by atoms with E-state index < -0.39 is 0 Å². The van der Waals surface area contributed by atoms with E-state index in [-0.39, 0.29) is 11.1 Å². The quantitative estimate of drug-likeness (QED) is 0.843. The van der Waals surface area contributed by atoms with E-state index >= 15 is 0 Å². The van der Waals surface area contributed by atoms with Crippen LogP contribution in [0.4, 0.5) is 11.6 Å². The number of amides is 1. The van der Waals surface area contributed by atoms with E-state index in [1.165, 1.54) is 6.07 Å². The molecule has 2 N–H and O–H groups in total. The Bertz CT molecular complexity index is 574. The van der Waals surface area contributed by atoms with E-state index in [9.17, 15) is 4.79 Å². The maximum Gasteiger partial charge on any atom is 0.257 e. The third-order valence-corrected chi connectivity index (χ3v) is 2.51. The molecule has 0 radical (unpaired) electrons. The van der Waals surface area contributed by atoms with Crippen LogP contribution < -0.4 is 10.6 Å². The average Bonchev–Trinajstić information content (AvgIpc) is 2.39. The number of halogens is 1. The number of hydrogen-bond acceptors (Lipinski definition) is 4. The molecule has 2 heterocycles. The molecule has 0 unspecified atom stereocenters. The zero-order valence-corrected chi connectivity index (χ0v) is 11.1. The van der Waals surface area contributed by atoms with E-state index in [0.29, 0.717) is 23.7 Å². The van der Waals surface area contributed by atoms with Gasteiger partial charge in [0.15, 0.2) is 0 Å². The summed E-state index contributed by atoms with van der Waals surface area (Å²) < 4.78 is 0. The smallest absolute Gasteiger partial charge is 0.257 e. The van der Waals surface area contributed by atoms with Crippen LogP contribution in [0.3, 0.4) is 0 Å². The molecule has 98 valence electrons. The van der Waals surface area contributed by atoms with Crippen molar-refractivity contribution >= 4 is 29.1 Å². The van der Waals surface area contributed by atoms with Crippen molar-refractivity contribution in [2.75, 3.05) is 17.2 Å². The van der Waals surface area contributed by atoms with Crippen LogP contribution in [0.1, 0.15) is 17.3 Å². The number of anilines is 2. The lowest BCUT2D eigenvalue weighted by molar-refractivity contribution is 0.102. The third kappa shape index (κ3) is 3.66. The normalized spacial score (nSPS) is 10.0. The maximum atomic E-state index is 12.1. The summed E-state index contributed by atoms with van der Waals surface area (Å²) in [6.07, 6.45) is 1.61. The van der Waals surface area contributed by atoms with Crippen molar-refractivity contribution in [3.63, 3.8) is 0 Å². The Labute approximate surface area is 116 Å². The number of aromatic nitrogens is 2. The number of nitrogens with zero attached hydrogens (tertiary/aromatic N) is 2. The van der Waals surface area contributed by atoms with Crippen LogP contribution in [0, 0.1) is 0 Å². The van der Waals surface area contributed by atoms with Gasteiger partial charge in [-0.2, -0.15) is 0 Å². The Morgan fingerprint density at radius 3 is 2.84 bits per heavy atom. The fraction of sp³-hybridized carbons (Fsp3) is 0.154. The van der Waals surface area contributed by atoms with Crippen molar-refractivity contribution in [1.29, 1.82) is 0 Å². The molecular weight excluding hydrogens is 264 g/mol. The van der Waals surface area contributed by atoms with Gasteiger partial charge in [-0.1, -0.05) is 17.7 Å². The highest BCUT2D eigenvalue weighted by molar-refractivity contribution is 6.30. The van der Waals surface area contributed by atoms with E-state index in [1.54, 1.807) is 30.5 Å². The minimum atomic E-state index is -0.276. The van der Waals surface area contributed by atoms with Crippen LogP contribution in [0.15, 0.2) is 36.5 Å². The lowest BCUT2D eigenvalue weighted by atomic mass is 10.2. The zero-order chi connectivity index (χ0) is 13.7. The highest BCUT2D eigenvalue weighted by Crippen LogP contribution is 2.15. The summed E-state index contributed by atoms with van der Waals surface area (Å²) in [5.74, 6) is 0.786. The Morgan fingerprint density at radius 2 is 2.16 bits per heavy atom. The summed E-state index contributed by atoms with van der Waals surface area (Å²) in [7, 11) is 0. The van der Waals surface area contributed by atoms with Gasteiger partial charge in [-0.3, -0.25) is 4.79 Å². The molecule has 0 aromatic carbocycles. The number of rotatable bonds is 4. The van der Waals surface area contributed by atoms with Crippen LogP contribution >= 0.6 is 11.6 Å². The second-order valence-corrected chi connectivity index (χ2v) is 4.15. The lowest BCUT2D eigenvalue weighted by Gasteiger charge is -2.07. The summed E-state index contributed by atoms with van der Waals surface area (Å²) in [5, 5.41) is 5.97. The van der Waals surface area contributed by atoms with Gasteiger partial charge in [-0.15, -0.1) is 0 Å². The molecule has 0 aliphatic heterocycles. The number of hydrogen-bond donors (Lipinski definition) is 2. The molecule has 2 rings (SSSR count). The summed E-state index contributed by atoms with van der Waals surface area (Å²) in [6.45, 7) is 2.64. The Hall–Kier alpha value is -2.14. The van der Waals surface area contributed by atoms with Gasteiger partial charge in [-0.05, 0) is 31.2 Å². The molecule has 1 amide bonds. The fourth-order valence-electron chi connectivity index (χ4n) is 1.52. The Balaban J connectivity index is 2.19. The first-order valence-corrected chi connectivity index (χ1v) is 6.20. The van der Waals surface area contributed by atoms with Crippen molar-refractivity contribution in [3.8, 4) is 0 Å². The molecule has 6 heteroatoms. The Morgan fingerprint density at radius 1 is 1.32 bits per heavy atom. The highest BCUT2D eigenvalue weighted by Gasteiger charge is 2.09. The van der Waals surface area contributed by atoms with Crippen LogP contribution in [0.5, 0.6) is 0 Å². The number of carbonyl (C=O) groups excluding carboxylic acids is 1. The van der Waals surface area contributed by atoms with Gasteiger partial charge in [-0.25, -0.2) is 9.97 Å². The molecule has 0 saturated carbocycles. The zero-order valence-electron chi connectivity index (χ0n) is 10.4. The molecule has 0 atom stereocenters. The van der Waals surface area contributed by atoms with Gasteiger partial charge in [0, 0.05) is 18.3 Å². The van der Waals surface area contributed by atoms with Crippen molar-refractivity contribution in [2.24, 2.45) is 0 Å². The van der Waals surface area contributed by atoms with Crippen LogP contribution in [0.25, 0.3) is 0 Å². The van der Waals surface area contributed by atoms with Crippen molar-refractivity contribution in [2.45, 2.75) is 6.92 Å². The van der Waals surface area contributed by atoms with E-state index in [2.05, 4.69) is 20.6 Å². The first-order valence-electron chi connectivity index (χ1n) is 5.83. The molecule has 19 heavy (non-hydrogen) atoms. The molecule has 0 fully saturated rings. The maximum absolute atomic E-state index is 12.1. The van der Waals surface area contributed by atoms with E-state index in [1.807, 2.05) is 6.92 Å². The number of carbonyl (C=O) groups is 1. The minimum Gasteiger partial charge on any atom is -0.370 e. The molecule has 0 aliphatic carbocycles. The molecule has 0 spiro atoms. The number of nitrogens with one attached hydrogen (secondary N) is 2. The first kappa shape index (κ1) is 13.3. The SMILES string of the molecule is CCNc1cc(C(=O)Nc2ccccn2)cc(Cl)n1. The highest BCUT2D eigenvalue weighted by atomic mass is 35.5. The predicted octanol–water partition coefficient (Wildman–Crippen LogP) is 2.81. The van der Waals surface area contributed by atoms with Gasteiger partial charge in [0.2, 0.25) is 0 Å². The summed E-state index contributed by atoms with van der Waals surface area (Å²) in [5.41, 5.74) is 0.432. The third-order valence-electron chi connectivity index (χ3n) is 2.32. The standard InChI is InChI=1S/C13H13ClN4O/c1-2-15-12-8-9(7-10(14)17-12)13(19)18-11-5-3-4-6-16-11/h3-8H,2H2,1H3,(H,15,17)(H,16,18,19). The van der Waals surface area contributed by atoms with Gasteiger partial charge >= 0.3 is 0 Å². The molecule has 0 bridgehead atoms. The van der Waals surface area contributed by atoms with Crippen molar-refractivity contribution < 1.29 is 4.79 Å². The summed E-state index contributed by atoms with van der Waals surface area (Å²) in [4.78, 5) is 20.2. The largest absolute Gasteiger partial charge is 0.370 e. The van der Waals surface area contributed by atoms with Gasteiger partial charge in [0.25, 0.3) is 5.91 Å². The summed E-state index contributed by atoms with van der Waals surface area (Å²) in [6, 6.07) is 8.45. The van der Waals surface area contributed by atoms with Gasteiger partial charge in [0.05, 0.1) is 0 Å². The Kier molecular flexibility index (Phi) is 4.30. The first-order chi connectivity index (χ1) is 9.19. The van der Waals surface area contributed by atoms with Crippen LogP contribution in [-0.2, 0) is 0 Å². The molecular formula is C13H13ClN4O. The molecule has 5 nitrogen and oxygen atoms in total. The van der Waals surface area contributed by atoms with Gasteiger partial charge in [0.1, 0.15) is 16.8 Å². The lowest BCUT2D eigenvalue weighted by Crippen LogP contribution is -2.13. The molecule has 2 aromatic heterocycles.